The number of hydrogen-bond acceptors (Lipinski definition) is 4. The predicted octanol–water partition coefficient (Wildman–Crippen LogP) is 4.90. The van der Waals surface area contributed by atoms with Gasteiger partial charge in [-0.3, -0.25) is 9.10 Å². The van der Waals surface area contributed by atoms with Crippen molar-refractivity contribution in [1.29, 1.82) is 0 Å². The average molecular weight is 453 g/mol. The van der Waals surface area contributed by atoms with Crippen molar-refractivity contribution in [2.75, 3.05) is 10.6 Å². The smallest absolute Gasteiger partial charge is 0.244 e. The van der Waals surface area contributed by atoms with Gasteiger partial charge in [0.2, 0.25) is 15.9 Å². The Morgan fingerprint density at radius 3 is 1.97 bits per heavy atom. The second kappa shape index (κ2) is 10.3. The highest BCUT2D eigenvalue weighted by atomic mass is 32.2. The predicted molar refractivity (Wildman–Crippen MR) is 127 cm³/mol. The average Bonchev–Trinajstić information content (AvgIpc) is 2.79. The van der Waals surface area contributed by atoms with Crippen LogP contribution in [0.25, 0.3) is 0 Å². The highest BCUT2D eigenvalue weighted by molar-refractivity contribution is 7.92. The van der Waals surface area contributed by atoms with Crippen LogP contribution in [0.2, 0.25) is 0 Å². The quantitative estimate of drug-likeness (QED) is 0.501. The lowest BCUT2D eigenvalue weighted by molar-refractivity contribution is -0.122. The van der Waals surface area contributed by atoms with Crippen LogP contribution in [0.3, 0.4) is 0 Å². The van der Waals surface area contributed by atoms with E-state index >= 15 is 0 Å². The van der Waals surface area contributed by atoms with Crippen LogP contribution >= 0.6 is 0 Å². The fraction of sp³-hybridized carbons (Fsp3) is 0.240. The first-order valence-electron chi connectivity index (χ1n) is 10.5. The summed E-state index contributed by atoms with van der Waals surface area (Å²) in [6.07, 6.45) is 1.78. The summed E-state index contributed by atoms with van der Waals surface area (Å²) in [5.41, 5.74) is 1.37. The Kier molecular flexibility index (Phi) is 7.53. The molecule has 6 nitrogen and oxygen atoms in total. The molecule has 0 spiro atoms. The van der Waals surface area contributed by atoms with E-state index in [1.165, 1.54) is 0 Å². The fourth-order valence-corrected chi connectivity index (χ4v) is 4.67. The van der Waals surface area contributed by atoms with Crippen LogP contribution in [0.15, 0.2) is 84.9 Å². The number of sulfonamides is 1. The minimum absolute atomic E-state index is 0.200. The van der Waals surface area contributed by atoms with Gasteiger partial charge in [0.15, 0.2) is 0 Å². The minimum atomic E-state index is -3.71. The molecule has 0 heterocycles. The van der Waals surface area contributed by atoms with E-state index in [0.717, 1.165) is 16.1 Å². The van der Waals surface area contributed by atoms with Gasteiger partial charge in [0.05, 0.1) is 18.0 Å². The SMILES string of the molecule is CC[C@H](NC(=O)[C@H](C)N(c1ccc(Oc2ccccc2)cc1)S(C)(=O)=O)c1ccccc1. The summed E-state index contributed by atoms with van der Waals surface area (Å²) in [5, 5.41) is 2.98. The van der Waals surface area contributed by atoms with Crippen molar-refractivity contribution >= 4 is 21.6 Å². The minimum Gasteiger partial charge on any atom is -0.457 e. The second-order valence-electron chi connectivity index (χ2n) is 7.52. The first kappa shape index (κ1) is 23.3. The number of hydrogen-bond donors (Lipinski definition) is 1. The Hall–Kier alpha value is -3.32. The first-order valence-corrected chi connectivity index (χ1v) is 12.3. The van der Waals surface area contributed by atoms with E-state index in [-0.39, 0.29) is 11.9 Å². The van der Waals surface area contributed by atoms with Crippen molar-refractivity contribution in [2.45, 2.75) is 32.4 Å². The first-order chi connectivity index (χ1) is 15.3. The van der Waals surface area contributed by atoms with E-state index in [4.69, 9.17) is 4.74 Å². The van der Waals surface area contributed by atoms with Gasteiger partial charge in [-0.25, -0.2) is 8.42 Å². The zero-order valence-electron chi connectivity index (χ0n) is 18.4. The van der Waals surface area contributed by atoms with Gasteiger partial charge in [-0.1, -0.05) is 55.5 Å². The molecule has 32 heavy (non-hydrogen) atoms. The Bertz CT molecular complexity index is 1120. The molecule has 1 amide bonds. The Labute approximate surface area is 189 Å². The molecular formula is C25H28N2O4S. The number of nitrogens with one attached hydrogen (secondary N) is 1. The molecule has 0 saturated heterocycles. The van der Waals surface area contributed by atoms with Gasteiger partial charge in [-0.2, -0.15) is 0 Å². The standard InChI is InChI=1S/C25H28N2O4S/c1-4-24(20-11-7-5-8-12-20)26-25(28)19(2)27(32(3,29)30)21-15-17-23(18-16-21)31-22-13-9-6-10-14-22/h5-19,24H,4H2,1-3H3,(H,26,28)/t19-,24-/m0/s1. The normalized spacial score (nSPS) is 13.1. The van der Waals surface area contributed by atoms with Gasteiger partial charge < -0.3 is 10.1 Å². The maximum Gasteiger partial charge on any atom is 0.244 e. The van der Waals surface area contributed by atoms with Gasteiger partial charge >= 0.3 is 0 Å². The van der Waals surface area contributed by atoms with Crippen molar-refractivity contribution in [1.82, 2.24) is 5.32 Å². The number of carbonyl (C=O) groups is 1. The molecule has 0 radical (unpaired) electrons. The molecule has 0 aromatic heterocycles. The second-order valence-corrected chi connectivity index (χ2v) is 9.38. The zero-order valence-corrected chi connectivity index (χ0v) is 19.2. The van der Waals surface area contributed by atoms with Crippen molar-refractivity contribution in [3.8, 4) is 11.5 Å². The molecule has 3 aromatic carbocycles. The highest BCUT2D eigenvalue weighted by Crippen LogP contribution is 2.27. The van der Waals surface area contributed by atoms with E-state index in [2.05, 4.69) is 5.32 Å². The van der Waals surface area contributed by atoms with Crippen molar-refractivity contribution in [2.24, 2.45) is 0 Å². The van der Waals surface area contributed by atoms with Crippen LogP contribution in [0, 0.1) is 0 Å². The van der Waals surface area contributed by atoms with E-state index in [1.54, 1.807) is 31.2 Å². The number of ether oxygens (including phenoxy) is 1. The number of para-hydroxylation sites is 1. The fourth-order valence-electron chi connectivity index (χ4n) is 3.49. The monoisotopic (exact) mass is 452 g/mol. The van der Waals surface area contributed by atoms with Crippen LogP contribution in [0.4, 0.5) is 5.69 Å². The van der Waals surface area contributed by atoms with Crippen LogP contribution in [-0.4, -0.2) is 26.6 Å². The van der Waals surface area contributed by atoms with Crippen molar-refractivity contribution in [3.05, 3.63) is 90.5 Å². The largest absolute Gasteiger partial charge is 0.457 e. The van der Waals surface area contributed by atoms with Gasteiger partial charge in [0.25, 0.3) is 0 Å². The van der Waals surface area contributed by atoms with Gasteiger partial charge in [-0.05, 0) is 55.3 Å². The molecule has 0 aliphatic rings. The molecule has 0 unspecified atom stereocenters. The molecule has 7 heteroatoms. The molecule has 0 aliphatic heterocycles. The topological polar surface area (TPSA) is 75.7 Å². The lowest BCUT2D eigenvalue weighted by Gasteiger charge is -2.30. The van der Waals surface area contributed by atoms with Crippen LogP contribution < -0.4 is 14.4 Å². The summed E-state index contributed by atoms with van der Waals surface area (Å²) in [4.78, 5) is 13.0. The van der Waals surface area contributed by atoms with Gasteiger partial charge in [0.1, 0.15) is 17.5 Å². The molecule has 0 saturated carbocycles. The van der Waals surface area contributed by atoms with Crippen LogP contribution in [0.5, 0.6) is 11.5 Å². The Morgan fingerprint density at radius 2 is 1.44 bits per heavy atom. The maximum absolute atomic E-state index is 13.0. The van der Waals surface area contributed by atoms with E-state index in [1.807, 2.05) is 67.6 Å². The molecule has 0 bridgehead atoms. The highest BCUT2D eigenvalue weighted by Gasteiger charge is 2.30. The van der Waals surface area contributed by atoms with Crippen molar-refractivity contribution < 1.29 is 17.9 Å². The summed E-state index contributed by atoms with van der Waals surface area (Å²) in [5.74, 6) is 0.885. The number of rotatable bonds is 9. The van der Waals surface area contributed by atoms with E-state index in [0.29, 0.717) is 23.6 Å². The number of amides is 1. The molecule has 2 atom stereocenters. The maximum atomic E-state index is 13.0. The summed E-state index contributed by atoms with van der Waals surface area (Å²) in [6, 6.07) is 24.4. The van der Waals surface area contributed by atoms with E-state index in [9.17, 15) is 13.2 Å². The summed E-state index contributed by atoms with van der Waals surface area (Å²) in [7, 11) is -3.71. The van der Waals surface area contributed by atoms with Crippen molar-refractivity contribution in [3.63, 3.8) is 0 Å². The molecular weight excluding hydrogens is 424 g/mol. The summed E-state index contributed by atoms with van der Waals surface area (Å²) < 4.78 is 32.1. The number of nitrogens with zero attached hydrogens (tertiary/aromatic N) is 1. The molecule has 0 fully saturated rings. The molecule has 3 aromatic rings. The third-order valence-electron chi connectivity index (χ3n) is 5.09. The third-order valence-corrected chi connectivity index (χ3v) is 6.33. The summed E-state index contributed by atoms with van der Waals surface area (Å²) in [6.45, 7) is 3.56. The van der Waals surface area contributed by atoms with Gasteiger partial charge in [0, 0.05) is 0 Å². The Morgan fingerprint density at radius 1 is 0.906 bits per heavy atom. The van der Waals surface area contributed by atoms with Crippen LogP contribution in [-0.2, 0) is 14.8 Å². The molecule has 3 rings (SSSR count). The lowest BCUT2D eigenvalue weighted by Crippen LogP contribution is -2.48. The molecule has 0 aliphatic carbocycles. The van der Waals surface area contributed by atoms with Gasteiger partial charge in [-0.15, -0.1) is 0 Å². The number of benzene rings is 3. The van der Waals surface area contributed by atoms with E-state index < -0.39 is 16.1 Å². The number of anilines is 1. The number of carbonyl (C=O) groups excluding carboxylic acids is 1. The molecule has 168 valence electrons. The summed E-state index contributed by atoms with van der Waals surface area (Å²) >= 11 is 0. The third kappa shape index (κ3) is 5.88. The molecule has 1 N–H and O–H groups in total. The Balaban J connectivity index is 1.79. The van der Waals surface area contributed by atoms with Crippen LogP contribution in [0.1, 0.15) is 31.9 Å². The zero-order chi connectivity index (χ0) is 23.1. The lowest BCUT2D eigenvalue weighted by atomic mass is 10.0.